The number of aromatic amines is 1. The van der Waals surface area contributed by atoms with Crippen LogP contribution in [0, 0.1) is 0 Å². The minimum absolute atomic E-state index is 0.0564. The fourth-order valence-corrected chi connectivity index (χ4v) is 2.01. The Kier molecular flexibility index (Phi) is 2.08. The summed E-state index contributed by atoms with van der Waals surface area (Å²) in [5.74, 6) is 0. The van der Waals surface area contributed by atoms with Crippen molar-refractivity contribution in [2.24, 2.45) is 7.05 Å². The minimum atomic E-state index is -0.0564. The first-order chi connectivity index (χ1) is 8.25. The Morgan fingerprint density at radius 2 is 2.12 bits per heavy atom. The number of aryl methyl sites for hydroxylation is 1. The Hall–Kier alpha value is -2.36. The summed E-state index contributed by atoms with van der Waals surface area (Å²) in [5, 5.41) is 5.78. The molecule has 84 valence electrons. The van der Waals surface area contributed by atoms with Gasteiger partial charge >= 0.3 is 0 Å². The van der Waals surface area contributed by atoms with Crippen LogP contribution in [0.3, 0.4) is 0 Å². The third-order valence-corrected chi connectivity index (χ3v) is 2.89. The topological polar surface area (TPSA) is 50.7 Å². The van der Waals surface area contributed by atoms with Crippen molar-refractivity contribution in [1.29, 1.82) is 0 Å². The van der Waals surface area contributed by atoms with Crippen LogP contribution in [0.4, 0.5) is 0 Å². The zero-order valence-electron chi connectivity index (χ0n) is 9.34. The average Bonchev–Trinajstić information content (AvgIpc) is 2.75. The van der Waals surface area contributed by atoms with Gasteiger partial charge in [0.25, 0.3) is 5.56 Å². The SMILES string of the molecule is Cn1nccc1-c1ccc2c(=O)[nH]ccc2c1. The molecule has 0 bridgehead atoms. The van der Waals surface area contributed by atoms with Gasteiger partial charge in [-0.15, -0.1) is 0 Å². The minimum Gasteiger partial charge on any atom is -0.329 e. The largest absolute Gasteiger partial charge is 0.329 e. The Morgan fingerprint density at radius 1 is 1.24 bits per heavy atom. The zero-order chi connectivity index (χ0) is 11.8. The zero-order valence-corrected chi connectivity index (χ0v) is 9.34. The van der Waals surface area contributed by atoms with Crippen LogP contribution >= 0.6 is 0 Å². The number of nitrogens with zero attached hydrogens (tertiary/aromatic N) is 2. The molecule has 4 nitrogen and oxygen atoms in total. The molecule has 0 radical (unpaired) electrons. The lowest BCUT2D eigenvalue weighted by atomic mass is 10.1. The molecule has 0 amide bonds. The predicted molar refractivity (Wildman–Crippen MR) is 66.8 cm³/mol. The second kappa shape index (κ2) is 3.59. The first kappa shape index (κ1) is 9.84. The van der Waals surface area contributed by atoms with E-state index in [4.69, 9.17) is 0 Å². The molecule has 17 heavy (non-hydrogen) atoms. The molecule has 0 aliphatic rings. The lowest BCUT2D eigenvalue weighted by molar-refractivity contribution is 0.776. The molecule has 0 saturated carbocycles. The summed E-state index contributed by atoms with van der Waals surface area (Å²) in [6.45, 7) is 0. The van der Waals surface area contributed by atoms with E-state index in [-0.39, 0.29) is 5.56 Å². The van der Waals surface area contributed by atoms with Gasteiger partial charge < -0.3 is 4.98 Å². The van der Waals surface area contributed by atoms with E-state index in [1.165, 1.54) is 0 Å². The van der Waals surface area contributed by atoms with Crippen molar-refractivity contribution < 1.29 is 0 Å². The van der Waals surface area contributed by atoms with E-state index >= 15 is 0 Å². The number of pyridine rings is 1. The summed E-state index contributed by atoms with van der Waals surface area (Å²) in [4.78, 5) is 14.2. The quantitative estimate of drug-likeness (QED) is 0.688. The molecule has 0 aliphatic heterocycles. The first-order valence-corrected chi connectivity index (χ1v) is 5.35. The number of hydrogen-bond donors (Lipinski definition) is 1. The number of rotatable bonds is 1. The molecule has 1 N–H and O–H groups in total. The number of benzene rings is 1. The molecular weight excluding hydrogens is 214 g/mol. The maximum atomic E-state index is 11.6. The van der Waals surface area contributed by atoms with E-state index in [0.29, 0.717) is 5.39 Å². The van der Waals surface area contributed by atoms with Gasteiger partial charge in [0.05, 0.1) is 5.69 Å². The van der Waals surface area contributed by atoms with E-state index < -0.39 is 0 Å². The molecule has 1 aromatic carbocycles. The van der Waals surface area contributed by atoms with E-state index in [1.807, 2.05) is 42.1 Å². The Labute approximate surface area is 97.5 Å². The third kappa shape index (κ3) is 1.54. The molecule has 0 atom stereocenters. The molecular formula is C13H11N3O. The van der Waals surface area contributed by atoms with Crippen LogP contribution in [0.15, 0.2) is 47.5 Å². The van der Waals surface area contributed by atoms with Crippen LogP contribution in [0.5, 0.6) is 0 Å². The van der Waals surface area contributed by atoms with Crippen molar-refractivity contribution in [2.45, 2.75) is 0 Å². The second-order valence-corrected chi connectivity index (χ2v) is 3.95. The van der Waals surface area contributed by atoms with Crippen LogP contribution in [0.1, 0.15) is 0 Å². The van der Waals surface area contributed by atoms with Gasteiger partial charge in [0.1, 0.15) is 0 Å². The molecule has 0 spiro atoms. The monoisotopic (exact) mass is 225 g/mol. The molecule has 4 heteroatoms. The predicted octanol–water partition coefficient (Wildman–Crippen LogP) is 1.93. The summed E-state index contributed by atoms with van der Waals surface area (Å²) in [7, 11) is 1.90. The summed E-state index contributed by atoms with van der Waals surface area (Å²) in [6.07, 6.45) is 3.43. The van der Waals surface area contributed by atoms with Gasteiger partial charge in [-0.25, -0.2) is 0 Å². The summed E-state index contributed by atoms with van der Waals surface area (Å²) < 4.78 is 1.81. The normalized spacial score (nSPS) is 10.9. The van der Waals surface area contributed by atoms with Gasteiger partial charge in [-0.1, -0.05) is 6.07 Å². The van der Waals surface area contributed by atoms with Crippen LogP contribution in [-0.4, -0.2) is 14.8 Å². The standard InChI is InChI=1S/C13H11N3O/c1-16-12(5-7-15-16)10-2-3-11-9(8-10)4-6-14-13(11)17/h2-8H,1H3,(H,14,17). The lowest BCUT2D eigenvalue weighted by Gasteiger charge is -2.03. The number of aromatic nitrogens is 3. The van der Waals surface area contributed by atoms with Crippen molar-refractivity contribution in [2.75, 3.05) is 0 Å². The summed E-state index contributed by atoms with van der Waals surface area (Å²) >= 11 is 0. The van der Waals surface area contributed by atoms with Gasteiger partial charge in [0.2, 0.25) is 0 Å². The van der Waals surface area contributed by atoms with Gasteiger partial charge in [0, 0.05) is 30.4 Å². The molecule has 0 unspecified atom stereocenters. The maximum absolute atomic E-state index is 11.6. The highest BCUT2D eigenvalue weighted by atomic mass is 16.1. The van der Waals surface area contributed by atoms with Crippen molar-refractivity contribution in [3.05, 3.63) is 53.1 Å². The van der Waals surface area contributed by atoms with Crippen molar-refractivity contribution in [3.8, 4) is 11.3 Å². The Balaban J connectivity index is 2.28. The number of H-pyrrole nitrogens is 1. The van der Waals surface area contributed by atoms with E-state index in [1.54, 1.807) is 12.4 Å². The highest BCUT2D eigenvalue weighted by Gasteiger charge is 2.04. The van der Waals surface area contributed by atoms with Crippen molar-refractivity contribution in [1.82, 2.24) is 14.8 Å². The van der Waals surface area contributed by atoms with Crippen molar-refractivity contribution >= 4 is 10.8 Å². The number of fused-ring (bicyclic) bond motifs is 1. The summed E-state index contributed by atoms with van der Waals surface area (Å²) in [5.41, 5.74) is 2.04. The van der Waals surface area contributed by atoms with E-state index in [0.717, 1.165) is 16.6 Å². The highest BCUT2D eigenvalue weighted by Crippen LogP contribution is 2.21. The third-order valence-electron chi connectivity index (χ3n) is 2.89. The van der Waals surface area contributed by atoms with Gasteiger partial charge in [-0.3, -0.25) is 9.48 Å². The molecule has 2 aromatic heterocycles. The first-order valence-electron chi connectivity index (χ1n) is 5.35. The molecule has 3 rings (SSSR count). The fraction of sp³-hybridized carbons (Fsp3) is 0.0769. The summed E-state index contributed by atoms with van der Waals surface area (Å²) in [6, 6.07) is 9.64. The second-order valence-electron chi connectivity index (χ2n) is 3.95. The Bertz CT molecular complexity index is 740. The van der Waals surface area contributed by atoms with Crippen LogP contribution in [-0.2, 0) is 7.05 Å². The van der Waals surface area contributed by atoms with Crippen LogP contribution < -0.4 is 5.56 Å². The number of hydrogen-bond acceptors (Lipinski definition) is 2. The average molecular weight is 225 g/mol. The fourth-order valence-electron chi connectivity index (χ4n) is 2.01. The molecule has 0 fully saturated rings. The Morgan fingerprint density at radius 3 is 2.88 bits per heavy atom. The van der Waals surface area contributed by atoms with Crippen LogP contribution in [0.25, 0.3) is 22.0 Å². The van der Waals surface area contributed by atoms with Gasteiger partial charge in [-0.2, -0.15) is 5.10 Å². The molecule has 0 aliphatic carbocycles. The lowest BCUT2D eigenvalue weighted by Crippen LogP contribution is -2.04. The van der Waals surface area contributed by atoms with Crippen LogP contribution in [0.2, 0.25) is 0 Å². The van der Waals surface area contributed by atoms with Crippen molar-refractivity contribution in [3.63, 3.8) is 0 Å². The van der Waals surface area contributed by atoms with Gasteiger partial charge in [-0.05, 0) is 29.7 Å². The number of nitrogens with one attached hydrogen (secondary N) is 1. The van der Waals surface area contributed by atoms with E-state index in [9.17, 15) is 4.79 Å². The van der Waals surface area contributed by atoms with Gasteiger partial charge in [0.15, 0.2) is 0 Å². The maximum Gasteiger partial charge on any atom is 0.255 e. The molecule has 0 saturated heterocycles. The van der Waals surface area contributed by atoms with E-state index in [2.05, 4.69) is 10.1 Å². The highest BCUT2D eigenvalue weighted by molar-refractivity contribution is 5.85. The smallest absolute Gasteiger partial charge is 0.255 e. The molecule has 2 heterocycles. The molecule has 3 aromatic rings.